The van der Waals surface area contributed by atoms with Crippen molar-refractivity contribution in [1.82, 2.24) is 0 Å². The molecule has 0 aromatic rings. The van der Waals surface area contributed by atoms with Crippen LogP contribution in [-0.4, -0.2) is 12.3 Å². The van der Waals surface area contributed by atoms with Gasteiger partial charge in [-0.25, -0.2) is 0 Å². The molecule has 2 nitrogen and oxygen atoms in total. The predicted octanol–water partition coefficient (Wildman–Crippen LogP) is 2.04. The maximum atomic E-state index is 5.45. The Bertz CT molecular complexity index is 75.9. The lowest BCUT2D eigenvalue weighted by molar-refractivity contribution is -0.0511. The first-order valence-corrected chi connectivity index (χ1v) is 4.08. The minimum atomic E-state index is 0. The first-order valence-electron chi connectivity index (χ1n) is 4.08. The normalized spacial score (nSPS) is 10.9. The third-order valence-electron chi connectivity index (χ3n) is 2.32. The van der Waals surface area contributed by atoms with Gasteiger partial charge in [0.1, 0.15) is 0 Å². The lowest BCUT2D eigenvalue weighted by atomic mass is 9.94. The molecular weight excluding hydrogens is 145 g/mol. The van der Waals surface area contributed by atoms with Gasteiger partial charge in [-0.05, 0) is 19.3 Å². The van der Waals surface area contributed by atoms with Crippen LogP contribution in [0.25, 0.3) is 0 Å². The van der Waals surface area contributed by atoms with E-state index < -0.39 is 0 Å². The monoisotopic (exact) mass is 165 g/mol. The number of halogens is 1. The second kappa shape index (κ2) is 6.55. The second-order valence-corrected chi connectivity index (χ2v) is 2.55. The molecule has 0 aromatic heterocycles. The zero-order chi connectivity index (χ0) is 8.04. The van der Waals surface area contributed by atoms with E-state index in [0.29, 0.717) is 6.73 Å². The van der Waals surface area contributed by atoms with Crippen molar-refractivity contribution >= 4 is 0 Å². The second-order valence-electron chi connectivity index (χ2n) is 2.55. The van der Waals surface area contributed by atoms with Crippen LogP contribution in [0.2, 0.25) is 0 Å². The zero-order valence-corrected chi connectivity index (χ0v) is 7.72. The van der Waals surface area contributed by atoms with Gasteiger partial charge < -0.3 is 10.5 Å². The Labute approximate surface area is 68.5 Å². The van der Waals surface area contributed by atoms with Gasteiger partial charge in [0.15, 0.2) is 0 Å². The van der Waals surface area contributed by atoms with E-state index in [9.17, 15) is 0 Å². The highest BCUT2D eigenvalue weighted by Crippen LogP contribution is 2.23. The van der Waals surface area contributed by atoms with E-state index in [1.807, 2.05) is 0 Å². The summed E-state index contributed by atoms with van der Waals surface area (Å²) in [5.74, 6) is 0. The Morgan fingerprint density at radius 3 is 1.55 bits per heavy atom. The lowest BCUT2D eigenvalue weighted by Gasteiger charge is -2.29. The molecule has 0 aliphatic heterocycles. The summed E-state index contributed by atoms with van der Waals surface area (Å²) in [6.07, 6.45) is 3.16. The third kappa shape index (κ3) is 3.68. The summed E-state index contributed by atoms with van der Waals surface area (Å²) in [6.45, 7) is 6.77. The quantitative estimate of drug-likeness (QED) is 0.633. The van der Waals surface area contributed by atoms with Gasteiger partial charge in [0.25, 0.3) is 0 Å². The van der Waals surface area contributed by atoms with E-state index in [2.05, 4.69) is 20.8 Å². The fourth-order valence-electron chi connectivity index (χ4n) is 1.23. The molecule has 0 bridgehead atoms. The molecule has 0 aromatic carbocycles. The lowest BCUT2D eigenvalue weighted by Crippen LogP contribution is -2.32. The molecule has 0 aliphatic rings. The van der Waals surface area contributed by atoms with Gasteiger partial charge in [-0.15, -0.1) is 0 Å². The number of hydrogen-bond donors (Lipinski definition) is 1. The number of nitrogens with two attached hydrogens (primary N) is 1. The topological polar surface area (TPSA) is 35.2 Å². The summed E-state index contributed by atoms with van der Waals surface area (Å²) in [4.78, 5) is 0. The van der Waals surface area contributed by atoms with E-state index in [1.165, 1.54) is 0 Å². The third-order valence-corrected chi connectivity index (χ3v) is 2.32. The van der Waals surface area contributed by atoms with Crippen LogP contribution in [-0.2, 0) is 4.74 Å². The van der Waals surface area contributed by atoms with E-state index in [4.69, 9.17) is 10.5 Å². The van der Waals surface area contributed by atoms with Crippen LogP contribution < -0.4 is 5.73 Å². The molecule has 0 saturated heterocycles. The number of hydrogen-bond acceptors (Lipinski definition) is 2. The molecule has 0 fully saturated rings. The predicted molar refractivity (Wildman–Crippen MR) is 46.2 cm³/mol. The van der Waals surface area contributed by atoms with Crippen molar-refractivity contribution in [1.29, 1.82) is 0 Å². The maximum absolute atomic E-state index is 5.45. The highest BCUT2D eigenvalue weighted by atomic mass is 19.0. The summed E-state index contributed by atoms with van der Waals surface area (Å²) in [5.41, 5.74) is 5.37. The van der Waals surface area contributed by atoms with Crippen molar-refractivity contribution in [3.8, 4) is 0 Å². The van der Waals surface area contributed by atoms with Crippen molar-refractivity contribution in [3.05, 3.63) is 0 Å². The van der Waals surface area contributed by atoms with Crippen molar-refractivity contribution in [3.63, 3.8) is 0 Å². The standard InChI is InChI=1S/C8H19NO.FH/c1-4-8(5-2,6-3)10-7-9;/h4-7,9H2,1-3H3;1H. The summed E-state index contributed by atoms with van der Waals surface area (Å²) < 4.78 is 5.45. The summed E-state index contributed by atoms with van der Waals surface area (Å²) in [7, 11) is 0. The smallest absolute Gasteiger partial charge is 0.0947 e. The van der Waals surface area contributed by atoms with Gasteiger partial charge in [0, 0.05) is 0 Å². The molecule has 0 amide bonds. The number of ether oxygens (including phenoxy) is 1. The Morgan fingerprint density at radius 2 is 1.45 bits per heavy atom. The number of rotatable bonds is 5. The van der Waals surface area contributed by atoms with Crippen molar-refractivity contribution in [2.24, 2.45) is 5.73 Å². The Morgan fingerprint density at radius 1 is 1.09 bits per heavy atom. The SMILES string of the molecule is CCC(CC)(CC)OCN.F. The molecule has 0 unspecified atom stereocenters. The van der Waals surface area contributed by atoms with Crippen LogP contribution in [0.15, 0.2) is 0 Å². The first-order chi connectivity index (χ1) is 4.74. The van der Waals surface area contributed by atoms with E-state index in [1.54, 1.807) is 0 Å². The Hall–Kier alpha value is -0.150. The molecule has 11 heavy (non-hydrogen) atoms. The fraction of sp³-hybridized carbons (Fsp3) is 1.00. The van der Waals surface area contributed by atoms with E-state index >= 15 is 0 Å². The van der Waals surface area contributed by atoms with Gasteiger partial charge >= 0.3 is 0 Å². The first kappa shape index (κ1) is 13.4. The molecule has 0 aliphatic carbocycles. The van der Waals surface area contributed by atoms with E-state index in [-0.39, 0.29) is 10.3 Å². The van der Waals surface area contributed by atoms with Gasteiger partial charge in [-0.3, -0.25) is 4.70 Å². The van der Waals surface area contributed by atoms with E-state index in [0.717, 1.165) is 19.3 Å². The zero-order valence-electron chi connectivity index (χ0n) is 7.72. The molecule has 0 spiro atoms. The molecule has 0 rings (SSSR count). The summed E-state index contributed by atoms with van der Waals surface area (Å²) in [6, 6.07) is 0. The van der Waals surface area contributed by atoms with Crippen molar-refractivity contribution < 1.29 is 9.44 Å². The molecule has 70 valence electrons. The average Bonchev–Trinajstić information content (AvgIpc) is 2.01. The summed E-state index contributed by atoms with van der Waals surface area (Å²) >= 11 is 0. The fourth-order valence-corrected chi connectivity index (χ4v) is 1.23. The van der Waals surface area contributed by atoms with Crippen molar-refractivity contribution in [2.75, 3.05) is 6.73 Å². The molecule has 2 N–H and O–H groups in total. The van der Waals surface area contributed by atoms with Gasteiger partial charge in [-0.1, -0.05) is 20.8 Å². The van der Waals surface area contributed by atoms with Gasteiger partial charge in [-0.2, -0.15) is 0 Å². The molecule has 0 heterocycles. The molecule has 3 heteroatoms. The molecule has 0 saturated carbocycles. The van der Waals surface area contributed by atoms with Crippen LogP contribution >= 0.6 is 0 Å². The minimum Gasteiger partial charge on any atom is -0.360 e. The largest absolute Gasteiger partial charge is 0.360 e. The highest BCUT2D eigenvalue weighted by molar-refractivity contribution is 4.74. The Balaban J connectivity index is 0. The van der Waals surface area contributed by atoms with Crippen LogP contribution in [0.4, 0.5) is 4.70 Å². The van der Waals surface area contributed by atoms with Crippen molar-refractivity contribution in [2.45, 2.75) is 45.6 Å². The van der Waals surface area contributed by atoms with Gasteiger partial charge in [0.05, 0.1) is 12.3 Å². The minimum absolute atomic E-state index is 0. The van der Waals surface area contributed by atoms with Gasteiger partial charge in [0.2, 0.25) is 0 Å². The molecule has 0 atom stereocenters. The molecular formula is C8H20FNO. The van der Waals surface area contributed by atoms with Crippen LogP contribution in [0.5, 0.6) is 0 Å². The highest BCUT2D eigenvalue weighted by Gasteiger charge is 2.23. The summed E-state index contributed by atoms with van der Waals surface area (Å²) in [5, 5.41) is 0. The maximum Gasteiger partial charge on any atom is 0.0947 e. The van der Waals surface area contributed by atoms with Crippen LogP contribution in [0, 0.1) is 0 Å². The van der Waals surface area contributed by atoms with Crippen LogP contribution in [0.3, 0.4) is 0 Å². The Kier molecular flexibility index (Phi) is 8.01. The van der Waals surface area contributed by atoms with Crippen LogP contribution in [0.1, 0.15) is 40.0 Å². The average molecular weight is 165 g/mol. The molecule has 0 radical (unpaired) electrons.